The highest BCUT2D eigenvalue weighted by molar-refractivity contribution is 5.48. The Morgan fingerprint density at radius 3 is 2.33 bits per heavy atom. The molecular formula is C18H29N3. The molecule has 0 aromatic heterocycles. The Labute approximate surface area is 129 Å². The second kappa shape index (κ2) is 6.80. The summed E-state index contributed by atoms with van der Waals surface area (Å²) in [7, 11) is 0. The van der Waals surface area contributed by atoms with E-state index in [0.717, 1.165) is 31.7 Å². The van der Waals surface area contributed by atoms with Gasteiger partial charge in [-0.3, -0.25) is 4.90 Å². The van der Waals surface area contributed by atoms with E-state index in [0.29, 0.717) is 0 Å². The van der Waals surface area contributed by atoms with E-state index in [9.17, 15) is 0 Å². The van der Waals surface area contributed by atoms with E-state index in [2.05, 4.69) is 53.2 Å². The van der Waals surface area contributed by atoms with Crippen molar-refractivity contribution in [3.63, 3.8) is 0 Å². The van der Waals surface area contributed by atoms with Crippen molar-refractivity contribution in [1.29, 1.82) is 0 Å². The van der Waals surface area contributed by atoms with Gasteiger partial charge in [0.25, 0.3) is 0 Å². The van der Waals surface area contributed by atoms with Crippen molar-refractivity contribution in [3.05, 3.63) is 29.8 Å². The molecule has 3 rings (SSSR count). The van der Waals surface area contributed by atoms with Gasteiger partial charge in [-0.05, 0) is 43.9 Å². The molecule has 1 aromatic carbocycles. The zero-order valence-corrected chi connectivity index (χ0v) is 13.5. The van der Waals surface area contributed by atoms with Crippen LogP contribution in [0.4, 0.5) is 5.69 Å². The fourth-order valence-electron chi connectivity index (χ4n) is 3.05. The summed E-state index contributed by atoms with van der Waals surface area (Å²) in [6, 6.07) is 10.7. The van der Waals surface area contributed by atoms with Crippen molar-refractivity contribution in [3.8, 4) is 0 Å². The number of nitrogens with one attached hydrogen (secondary N) is 1. The molecule has 21 heavy (non-hydrogen) atoms. The van der Waals surface area contributed by atoms with E-state index in [1.54, 1.807) is 0 Å². The molecule has 1 heterocycles. The molecule has 116 valence electrons. The maximum atomic E-state index is 3.58. The molecule has 3 heteroatoms. The summed E-state index contributed by atoms with van der Waals surface area (Å²) in [5.41, 5.74) is 2.79. The summed E-state index contributed by atoms with van der Waals surface area (Å²) >= 11 is 0. The van der Waals surface area contributed by atoms with Crippen LogP contribution in [0.1, 0.15) is 38.7 Å². The zero-order chi connectivity index (χ0) is 14.7. The van der Waals surface area contributed by atoms with Crippen LogP contribution in [-0.2, 0) is 6.54 Å². The Morgan fingerprint density at radius 2 is 1.76 bits per heavy atom. The van der Waals surface area contributed by atoms with Crippen LogP contribution in [0.25, 0.3) is 0 Å². The smallest absolute Gasteiger partial charge is 0.0367 e. The van der Waals surface area contributed by atoms with Crippen LogP contribution in [0.5, 0.6) is 0 Å². The average Bonchev–Trinajstić information content (AvgIpc) is 3.37. The van der Waals surface area contributed by atoms with Gasteiger partial charge in [-0.1, -0.05) is 19.1 Å². The van der Waals surface area contributed by atoms with Crippen LogP contribution in [-0.4, -0.2) is 43.2 Å². The number of nitrogens with zero attached hydrogens (tertiary/aromatic N) is 2. The van der Waals surface area contributed by atoms with E-state index >= 15 is 0 Å². The Hall–Kier alpha value is -1.06. The van der Waals surface area contributed by atoms with Gasteiger partial charge in [0.05, 0.1) is 0 Å². The number of anilines is 1. The second-order valence-electron chi connectivity index (χ2n) is 6.60. The van der Waals surface area contributed by atoms with Crippen LogP contribution in [0.15, 0.2) is 24.3 Å². The van der Waals surface area contributed by atoms with E-state index in [1.165, 1.54) is 43.6 Å². The average molecular weight is 287 g/mol. The van der Waals surface area contributed by atoms with E-state index in [-0.39, 0.29) is 0 Å². The van der Waals surface area contributed by atoms with Gasteiger partial charge in [-0.15, -0.1) is 0 Å². The lowest BCUT2D eigenvalue weighted by molar-refractivity contribution is 0.193. The predicted molar refractivity (Wildman–Crippen MR) is 89.8 cm³/mol. The number of piperazine rings is 1. The molecule has 1 aromatic rings. The molecule has 1 saturated heterocycles. The van der Waals surface area contributed by atoms with Crippen molar-refractivity contribution < 1.29 is 0 Å². The molecule has 2 fully saturated rings. The lowest BCUT2D eigenvalue weighted by atomic mass is 10.1. The highest BCUT2D eigenvalue weighted by Gasteiger charge is 2.21. The summed E-state index contributed by atoms with van der Waals surface area (Å²) in [5, 5.41) is 3.58. The van der Waals surface area contributed by atoms with Crippen LogP contribution < -0.4 is 10.2 Å². The number of benzene rings is 1. The maximum Gasteiger partial charge on any atom is 0.0367 e. The second-order valence-corrected chi connectivity index (χ2v) is 6.60. The van der Waals surface area contributed by atoms with Gasteiger partial charge < -0.3 is 10.2 Å². The van der Waals surface area contributed by atoms with E-state index in [4.69, 9.17) is 0 Å². The molecule has 1 N–H and O–H groups in total. The van der Waals surface area contributed by atoms with Gasteiger partial charge in [0.15, 0.2) is 0 Å². The minimum atomic E-state index is 0.725. The van der Waals surface area contributed by atoms with Gasteiger partial charge in [0.1, 0.15) is 0 Å². The van der Waals surface area contributed by atoms with Crippen LogP contribution in [0, 0.1) is 0 Å². The summed E-state index contributed by atoms with van der Waals surface area (Å²) in [6.45, 7) is 10.4. The Kier molecular flexibility index (Phi) is 4.81. The van der Waals surface area contributed by atoms with Crippen molar-refractivity contribution in [2.45, 2.75) is 51.7 Å². The largest absolute Gasteiger partial charge is 0.369 e. The van der Waals surface area contributed by atoms with Crippen molar-refractivity contribution in [1.82, 2.24) is 10.2 Å². The highest BCUT2D eigenvalue weighted by Crippen LogP contribution is 2.21. The van der Waals surface area contributed by atoms with Crippen LogP contribution in [0.3, 0.4) is 0 Å². The van der Waals surface area contributed by atoms with Gasteiger partial charge in [-0.25, -0.2) is 0 Å². The maximum absolute atomic E-state index is 3.58. The normalized spacial score (nSPS) is 21.5. The first-order valence-electron chi connectivity index (χ1n) is 8.57. The fraction of sp³-hybridized carbons (Fsp3) is 0.667. The van der Waals surface area contributed by atoms with Crippen molar-refractivity contribution in [2.24, 2.45) is 0 Å². The predicted octanol–water partition coefficient (Wildman–Crippen LogP) is 2.86. The van der Waals surface area contributed by atoms with E-state index < -0.39 is 0 Å². The van der Waals surface area contributed by atoms with Gasteiger partial charge in [-0.2, -0.15) is 0 Å². The molecule has 0 bridgehead atoms. The monoisotopic (exact) mass is 287 g/mol. The van der Waals surface area contributed by atoms with Crippen LogP contribution in [0.2, 0.25) is 0 Å². The third-order valence-electron chi connectivity index (χ3n) is 5.00. The van der Waals surface area contributed by atoms with Crippen molar-refractivity contribution in [2.75, 3.05) is 31.1 Å². The standard InChI is InChI=1S/C18H29N3/c1-3-15(2)20-10-12-21(13-11-20)18-8-4-16(5-9-18)14-19-17-6-7-17/h4-5,8-9,15,17,19H,3,6-7,10-14H2,1-2H3. The first kappa shape index (κ1) is 14.9. The summed E-state index contributed by atoms with van der Waals surface area (Å²) in [5.74, 6) is 0. The molecule has 1 aliphatic carbocycles. The van der Waals surface area contributed by atoms with E-state index in [1.807, 2.05) is 0 Å². The highest BCUT2D eigenvalue weighted by atomic mass is 15.3. The SMILES string of the molecule is CCC(C)N1CCN(c2ccc(CNC3CC3)cc2)CC1. The quantitative estimate of drug-likeness (QED) is 0.868. The van der Waals surface area contributed by atoms with Gasteiger partial charge >= 0.3 is 0 Å². The lowest BCUT2D eigenvalue weighted by Gasteiger charge is -2.39. The number of hydrogen-bond donors (Lipinski definition) is 1. The minimum Gasteiger partial charge on any atom is -0.369 e. The zero-order valence-electron chi connectivity index (χ0n) is 13.5. The number of hydrogen-bond acceptors (Lipinski definition) is 3. The molecule has 3 nitrogen and oxygen atoms in total. The summed E-state index contributed by atoms with van der Waals surface area (Å²) in [4.78, 5) is 5.14. The fourth-order valence-corrected chi connectivity index (χ4v) is 3.05. The lowest BCUT2D eigenvalue weighted by Crippen LogP contribution is -2.49. The Balaban J connectivity index is 1.50. The third-order valence-corrected chi connectivity index (χ3v) is 5.00. The minimum absolute atomic E-state index is 0.725. The van der Waals surface area contributed by atoms with Crippen molar-refractivity contribution >= 4 is 5.69 Å². The number of rotatable bonds is 6. The summed E-state index contributed by atoms with van der Waals surface area (Å²) in [6.07, 6.45) is 3.97. The Bertz CT molecular complexity index is 430. The molecule has 0 radical (unpaired) electrons. The van der Waals surface area contributed by atoms with Gasteiger partial charge in [0.2, 0.25) is 0 Å². The third kappa shape index (κ3) is 3.98. The molecule has 0 spiro atoms. The molecule has 1 atom stereocenters. The molecule has 0 amide bonds. The molecule has 1 aliphatic heterocycles. The topological polar surface area (TPSA) is 18.5 Å². The molecule has 1 unspecified atom stereocenters. The summed E-state index contributed by atoms with van der Waals surface area (Å²) < 4.78 is 0. The molecule has 2 aliphatic rings. The first-order chi connectivity index (χ1) is 10.3. The first-order valence-corrected chi connectivity index (χ1v) is 8.57. The molecular weight excluding hydrogens is 258 g/mol. The molecule has 1 saturated carbocycles. The van der Waals surface area contributed by atoms with Gasteiger partial charge in [0, 0.05) is 50.5 Å². The van der Waals surface area contributed by atoms with Crippen LogP contribution >= 0.6 is 0 Å². The Morgan fingerprint density at radius 1 is 1.10 bits per heavy atom.